The highest BCUT2D eigenvalue weighted by Crippen LogP contribution is 2.29. The zero-order valence-corrected chi connectivity index (χ0v) is 14.2. The predicted octanol–water partition coefficient (Wildman–Crippen LogP) is 3.13. The van der Waals surface area contributed by atoms with E-state index < -0.39 is 30.0 Å². The van der Waals surface area contributed by atoms with Gasteiger partial charge in [0.05, 0.1) is 11.1 Å². The van der Waals surface area contributed by atoms with Gasteiger partial charge in [-0.1, -0.05) is 23.7 Å². The van der Waals surface area contributed by atoms with Gasteiger partial charge < -0.3 is 19.9 Å². The zero-order chi connectivity index (χ0) is 19.6. The summed E-state index contributed by atoms with van der Waals surface area (Å²) in [5.74, 6) is -3.86. The molecule has 7 nitrogen and oxygen atoms in total. The minimum absolute atomic E-state index is 0.0573. The van der Waals surface area contributed by atoms with E-state index in [1.165, 1.54) is 42.5 Å². The van der Waals surface area contributed by atoms with Crippen LogP contribution in [0.2, 0.25) is 0 Å². The summed E-state index contributed by atoms with van der Waals surface area (Å²) in [5.41, 5.74) is 0.0384. The Balaban J connectivity index is 1.79. The molecular formula is C18H11ClFNO6. The van der Waals surface area contributed by atoms with E-state index in [2.05, 4.69) is 5.32 Å². The van der Waals surface area contributed by atoms with Crippen LogP contribution < -0.4 is 5.32 Å². The van der Waals surface area contributed by atoms with Gasteiger partial charge in [-0.25, -0.2) is 18.8 Å². The topological polar surface area (TPSA) is 102 Å². The number of ether oxygens (including phenoxy) is 2. The van der Waals surface area contributed by atoms with Crippen LogP contribution in [0.1, 0.15) is 20.7 Å². The molecule has 2 N–H and O–H groups in total. The second kappa shape index (κ2) is 7.46. The smallest absolute Gasteiger partial charge is 0.355 e. The van der Waals surface area contributed by atoms with Gasteiger partial charge in [0.1, 0.15) is 11.5 Å². The maximum Gasteiger partial charge on any atom is 0.355 e. The Hall–Kier alpha value is -3.39. The highest BCUT2D eigenvalue weighted by atomic mass is 35.5. The van der Waals surface area contributed by atoms with Crippen molar-refractivity contribution in [1.29, 1.82) is 0 Å². The van der Waals surface area contributed by atoms with Gasteiger partial charge in [-0.05, 0) is 36.4 Å². The van der Waals surface area contributed by atoms with Crippen molar-refractivity contribution in [2.45, 2.75) is 6.29 Å². The number of carbonyl (C=O) groups excluding carboxylic acids is 2. The molecule has 2 aromatic rings. The number of carboxylic acids is 1. The quantitative estimate of drug-likeness (QED) is 0.755. The van der Waals surface area contributed by atoms with Crippen LogP contribution in [0.5, 0.6) is 0 Å². The van der Waals surface area contributed by atoms with Crippen molar-refractivity contribution >= 4 is 35.2 Å². The molecule has 0 aromatic heterocycles. The predicted molar refractivity (Wildman–Crippen MR) is 91.6 cm³/mol. The fraction of sp³-hybridized carbons (Fsp3) is 0.0556. The third-order valence-corrected chi connectivity index (χ3v) is 3.94. The highest BCUT2D eigenvalue weighted by Gasteiger charge is 2.37. The number of hydrogen-bond acceptors (Lipinski definition) is 6. The van der Waals surface area contributed by atoms with Crippen LogP contribution in [0.4, 0.5) is 10.1 Å². The molecule has 0 saturated heterocycles. The molecule has 1 atom stereocenters. The SMILES string of the molecule is O=C1OC(OC(=O)c2ccccc2F)C(Nc2ccc(C(=O)O)cc2)=C1Cl. The number of rotatable bonds is 5. The van der Waals surface area contributed by atoms with Crippen LogP contribution in [-0.2, 0) is 14.3 Å². The minimum Gasteiger partial charge on any atom is -0.478 e. The summed E-state index contributed by atoms with van der Waals surface area (Å²) in [5, 5.41) is 11.3. The average molecular weight is 392 g/mol. The zero-order valence-electron chi connectivity index (χ0n) is 13.4. The fourth-order valence-corrected chi connectivity index (χ4v) is 2.44. The summed E-state index contributed by atoms with van der Waals surface area (Å²) >= 11 is 5.90. The molecule has 1 unspecified atom stereocenters. The van der Waals surface area contributed by atoms with E-state index >= 15 is 0 Å². The second-order valence-electron chi connectivity index (χ2n) is 5.36. The molecule has 2 aromatic carbocycles. The van der Waals surface area contributed by atoms with E-state index in [1.807, 2.05) is 0 Å². The van der Waals surface area contributed by atoms with Crippen LogP contribution in [0.25, 0.3) is 0 Å². The van der Waals surface area contributed by atoms with E-state index in [4.69, 9.17) is 26.2 Å². The van der Waals surface area contributed by atoms with Crippen LogP contribution in [-0.4, -0.2) is 29.3 Å². The van der Waals surface area contributed by atoms with E-state index in [0.717, 1.165) is 6.07 Å². The Bertz CT molecular complexity index is 957. The maximum atomic E-state index is 13.7. The number of nitrogens with one attached hydrogen (secondary N) is 1. The Morgan fingerprint density at radius 1 is 1.15 bits per heavy atom. The summed E-state index contributed by atoms with van der Waals surface area (Å²) < 4.78 is 23.6. The largest absolute Gasteiger partial charge is 0.478 e. The Morgan fingerprint density at radius 3 is 2.44 bits per heavy atom. The van der Waals surface area contributed by atoms with E-state index in [9.17, 15) is 18.8 Å². The Labute approximate surface area is 157 Å². The first-order valence-corrected chi connectivity index (χ1v) is 7.91. The van der Waals surface area contributed by atoms with Gasteiger partial charge in [-0.15, -0.1) is 0 Å². The molecule has 0 aliphatic carbocycles. The van der Waals surface area contributed by atoms with Gasteiger partial charge >= 0.3 is 17.9 Å². The lowest BCUT2D eigenvalue weighted by atomic mass is 10.2. The normalized spacial score (nSPS) is 16.1. The lowest BCUT2D eigenvalue weighted by Crippen LogP contribution is -2.24. The van der Waals surface area contributed by atoms with Crippen molar-refractivity contribution in [3.05, 3.63) is 76.2 Å². The van der Waals surface area contributed by atoms with Crippen molar-refractivity contribution in [2.75, 3.05) is 5.32 Å². The monoisotopic (exact) mass is 391 g/mol. The standard InChI is InChI=1S/C18H11ClFNO6/c19-13-14(21-10-7-5-9(6-8-10)15(22)23)18(27-17(13)25)26-16(24)11-3-1-2-4-12(11)20/h1-8,18,21H,(H,22,23). The maximum absolute atomic E-state index is 13.7. The number of esters is 2. The highest BCUT2D eigenvalue weighted by molar-refractivity contribution is 6.42. The first-order valence-electron chi connectivity index (χ1n) is 7.53. The summed E-state index contributed by atoms with van der Waals surface area (Å²) in [6.45, 7) is 0. The van der Waals surface area contributed by atoms with E-state index in [0.29, 0.717) is 5.69 Å². The lowest BCUT2D eigenvalue weighted by molar-refractivity contribution is -0.152. The summed E-state index contributed by atoms with van der Waals surface area (Å²) in [4.78, 5) is 34.7. The van der Waals surface area contributed by atoms with Crippen molar-refractivity contribution < 1.29 is 33.4 Å². The number of halogens is 2. The molecule has 0 saturated carbocycles. The number of anilines is 1. The van der Waals surface area contributed by atoms with Gasteiger partial charge in [-0.3, -0.25) is 0 Å². The van der Waals surface area contributed by atoms with Crippen LogP contribution in [0.15, 0.2) is 59.3 Å². The molecule has 1 aliphatic rings. The van der Waals surface area contributed by atoms with Crippen molar-refractivity contribution in [1.82, 2.24) is 0 Å². The first kappa shape index (κ1) is 18.4. The van der Waals surface area contributed by atoms with Gasteiger partial charge in [0.15, 0.2) is 5.03 Å². The first-order chi connectivity index (χ1) is 12.9. The van der Waals surface area contributed by atoms with Gasteiger partial charge in [0, 0.05) is 5.69 Å². The average Bonchev–Trinajstić information content (AvgIpc) is 2.90. The van der Waals surface area contributed by atoms with Crippen molar-refractivity contribution in [3.63, 3.8) is 0 Å². The van der Waals surface area contributed by atoms with Crippen LogP contribution in [0.3, 0.4) is 0 Å². The number of hydrogen-bond donors (Lipinski definition) is 2. The molecule has 0 fully saturated rings. The molecule has 1 aliphatic heterocycles. The second-order valence-corrected chi connectivity index (χ2v) is 5.74. The fourth-order valence-electron chi connectivity index (χ4n) is 2.26. The molecule has 3 rings (SSSR count). The van der Waals surface area contributed by atoms with Gasteiger partial charge in [0.25, 0.3) is 6.29 Å². The summed E-state index contributed by atoms with van der Waals surface area (Å²) in [7, 11) is 0. The molecular weight excluding hydrogens is 381 g/mol. The molecule has 9 heteroatoms. The third kappa shape index (κ3) is 3.90. The van der Waals surface area contributed by atoms with Crippen molar-refractivity contribution in [2.24, 2.45) is 0 Å². The number of aromatic carboxylic acids is 1. The minimum atomic E-state index is -1.50. The third-order valence-electron chi connectivity index (χ3n) is 3.58. The molecule has 27 heavy (non-hydrogen) atoms. The number of carbonyl (C=O) groups is 3. The van der Waals surface area contributed by atoms with Crippen LogP contribution >= 0.6 is 11.6 Å². The Morgan fingerprint density at radius 2 is 1.81 bits per heavy atom. The van der Waals surface area contributed by atoms with Gasteiger partial charge in [-0.2, -0.15) is 0 Å². The summed E-state index contributed by atoms with van der Waals surface area (Å²) in [6.07, 6.45) is -1.50. The van der Waals surface area contributed by atoms with E-state index in [1.54, 1.807) is 0 Å². The van der Waals surface area contributed by atoms with E-state index in [-0.39, 0.29) is 21.9 Å². The molecule has 0 radical (unpaired) electrons. The molecule has 0 spiro atoms. The molecule has 138 valence electrons. The van der Waals surface area contributed by atoms with Crippen molar-refractivity contribution in [3.8, 4) is 0 Å². The Kier molecular flexibility index (Phi) is 5.09. The number of cyclic esters (lactones) is 1. The van der Waals surface area contributed by atoms with Gasteiger partial charge in [0.2, 0.25) is 0 Å². The van der Waals surface area contributed by atoms with Crippen LogP contribution in [0, 0.1) is 5.82 Å². The number of carboxylic acid groups (broad SMARTS) is 1. The molecule has 1 heterocycles. The lowest BCUT2D eigenvalue weighted by Gasteiger charge is -2.16. The number of benzene rings is 2. The molecule has 0 amide bonds. The summed E-state index contributed by atoms with van der Waals surface area (Å²) in [6, 6.07) is 10.7. The molecule has 0 bridgehead atoms.